The number of halogens is 2. The molecule has 0 unspecified atom stereocenters. The molecule has 1 fully saturated rings. The summed E-state index contributed by atoms with van der Waals surface area (Å²) in [5, 5.41) is 5.64. The van der Waals surface area contributed by atoms with Crippen molar-refractivity contribution >= 4 is 35.0 Å². The Kier molecular flexibility index (Phi) is 5.91. The second-order valence-electron chi connectivity index (χ2n) is 3.90. The summed E-state index contributed by atoms with van der Waals surface area (Å²) in [5.74, 6) is -0.489. The first-order valence-corrected chi connectivity index (χ1v) is 6.45. The average molecular weight is 267 g/mol. The summed E-state index contributed by atoms with van der Waals surface area (Å²) in [6.45, 7) is 0. The number of nitrogens with one attached hydrogen (secondary N) is 2. The van der Waals surface area contributed by atoms with E-state index in [0.717, 1.165) is 25.7 Å². The van der Waals surface area contributed by atoms with Gasteiger partial charge in [-0.2, -0.15) is 0 Å². The Hall–Kier alpha value is -0.480. The predicted molar refractivity (Wildman–Crippen MR) is 63.8 cm³/mol. The molecule has 2 amide bonds. The third kappa shape index (κ3) is 4.18. The van der Waals surface area contributed by atoms with Gasteiger partial charge < -0.3 is 10.6 Å². The maximum absolute atomic E-state index is 11.2. The largest absolute Gasteiger partial charge is 0.350 e. The summed E-state index contributed by atoms with van der Waals surface area (Å²) >= 11 is 10.9. The van der Waals surface area contributed by atoms with Crippen molar-refractivity contribution < 1.29 is 9.59 Å². The van der Waals surface area contributed by atoms with Crippen molar-refractivity contribution in [1.82, 2.24) is 10.6 Å². The van der Waals surface area contributed by atoms with Crippen LogP contribution in [0.4, 0.5) is 0 Å². The van der Waals surface area contributed by atoms with Crippen LogP contribution < -0.4 is 10.6 Å². The van der Waals surface area contributed by atoms with Crippen molar-refractivity contribution in [3.8, 4) is 0 Å². The Morgan fingerprint density at radius 2 is 1.31 bits per heavy atom. The zero-order chi connectivity index (χ0) is 12.0. The van der Waals surface area contributed by atoms with Crippen LogP contribution in [0.25, 0.3) is 0 Å². The first-order chi connectivity index (χ1) is 7.67. The van der Waals surface area contributed by atoms with Crippen molar-refractivity contribution in [3.05, 3.63) is 0 Å². The van der Waals surface area contributed by atoms with Crippen LogP contribution in [0.5, 0.6) is 0 Å². The highest BCUT2D eigenvalue weighted by molar-refractivity contribution is 6.27. The lowest BCUT2D eigenvalue weighted by Crippen LogP contribution is -2.53. The van der Waals surface area contributed by atoms with E-state index in [1.807, 2.05) is 0 Å². The first kappa shape index (κ1) is 13.6. The van der Waals surface area contributed by atoms with Gasteiger partial charge in [-0.05, 0) is 12.8 Å². The fourth-order valence-corrected chi connectivity index (χ4v) is 2.12. The fraction of sp³-hybridized carbons (Fsp3) is 0.800. The third-order valence-corrected chi connectivity index (χ3v) is 3.19. The van der Waals surface area contributed by atoms with E-state index in [-0.39, 0.29) is 35.7 Å². The van der Waals surface area contributed by atoms with E-state index >= 15 is 0 Å². The molecule has 0 spiro atoms. The molecule has 0 radical (unpaired) electrons. The van der Waals surface area contributed by atoms with Crippen molar-refractivity contribution in [3.63, 3.8) is 0 Å². The van der Waals surface area contributed by atoms with Crippen molar-refractivity contribution in [1.29, 1.82) is 0 Å². The summed E-state index contributed by atoms with van der Waals surface area (Å²) in [6, 6.07) is -0.0423. The molecule has 0 aromatic rings. The highest BCUT2D eigenvalue weighted by Gasteiger charge is 2.27. The van der Waals surface area contributed by atoms with E-state index < -0.39 is 0 Å². The van der Waals surface area contributed by atoms with E-state index in [0.29, 0.717) is 0 Å². The molecule has 0 heterocycles. The maximum atomic E-state index is 11.2. The van der Waals surface area contributed by atoms with Crippen molar-refractivity contribution in [2.75, 3.05) is 11.8 Å². The molecular weight excluding hydrogens is 251 g/mol. The van der Waals surface area contributed by atoms with E-state index in [2.05, 4.69) is 10.6 Å². The number of rotatable bonds is 4. The molecule has 0 bridgehead atoms. The number of alkyl halides is 2. The molecule has 0 saturated heterocycles. The molecule has 2 N–H and O–H groups in total. The van der Waals surface area contributed by atoms with Gasteiger partial charge in [-0.3, -0.25) is 9.59 Å². The molecule has 16 heavy (non-hydrogen) atoms. The molecule has 1 rings (SSSR count). The van der Waals surface area contributed by atoms with Gasteiger partial charge >= 0.3 is 0 Å². The molecule has 0 aromatic carbocycles. The molecule has 2 atom stereocenters. The van der Waals surface area contributed by atoms with Gasteiger partial charge in [0.05, 0.1) is 0 Å². The first-order valence-electron chi connectivity index (χ1n) is 5.38. The second-order valence-corrected chi connectivity index (χ2v) is 4.43. The van der Waals surface area contributed by atoms with Crippen LogP contribution in [0, 0.1) is 0 Å². The van der Waals surface area contributed by atoms with E-state index in [9.17, 15) is 9.59 Å². The van der Waals surface area contributed by atoms with E-state index in [4.69, 9.17) is 23.2 Å². The lowest BCUT2D eigenvalue weighted by atomic mass is 9.90. The number of carbonyl (C=O) groups is 2. The third-order valence-electron chi connectivity index (χ3n) is 2.70. The monoisotopic (exact) mass is 266 g/mol. The minimum Gasteiger partial charge on any atom is -0.350 e. The fourth-order valence-electron chi connectivity index (χ4n) is 1.97. The summed E-state index contributed by atoms with van der Waals surface area (Å²) in [5.41, 5.74) is 0. The zero-order valence-corrected chi connectivity index (χ0v) is 10.5. The molecule has 1 aliphatic rings. The van der Waals surface area contributed by atoms with Crippen molar-refractivity contribution in [2.45, 2.75) is 37.8 Å². The topological polar surface area (TPSA) is 58.2 Å². The number of hydrogen-bond donors (Lipinski definition) is 2. The Morgan fingerprint density at radius 3 is 1.62 bits per heavy atom. The van der Waals surface area contributed by atoms with Crippen LogP contribution in [0.2, 0.25) is 0 Å². The van der Waals surface area contributed by atoms with Gasteiger partial charge in [-0.1, -0.05) is 12.8 Å². The van der Waals surface area contributed by atoms with Crippen molar-refractivity contribution in [2.24, 2.45) is 0 Å². The SMILES string of the molecule is O=C(CCl)N[C@H]1CCCC[C@@H]1NC(=O)CCl. The quantitative estimate of drug-likeness (QED) is 0.747. The molecule has 6 heteroatoms. The van der Waals surface area contributed by atoms with Gasteiger partial charge in [0.2, 0.25) is 11.8 Å². The Labute approximate surface area is 105 Å². The van der Waals surface area contributed by atoms with Crippen LogP contribution >= 0.6 is 23.2 Å². The van der Waals surface area contributed by atoms with Gasteiger partial charge in [-0.25, -0.2) is 0 Å². The predicted octanol–water partition coefficient (Wildman–Crippen LogP) is 1.01. The number of amides is 2. The van der Waals surface area contributed by atoms with Gasteiger partial charge in [-0.15, -0.1) is 23.2 Å². The summed E-state index contributed by atoms with van der Waals surface area (Å²) in [6.07, 6.45) is 3.85. The highest BCUT2D eigenvalue weighted by atomic mass is 35.5. The van der Waals surface area contributed by atoms with Gasteiger partial charge in [0.25, 0.3) is 0 Å². The molecule has 0 aromatic heterocycles. The second kappa shape index (κ2) is 6.97. The van der Waals surface area contributed by atoms with Gasteiger partial charge in [0.1, 0.15) is 11.8 Å². The summed E-state index contributed by atoms with van der Waals surface area (Å²) in [7, 11) is 0. The average Bonchev–Trinajstić information content (AvgIpc) is 2.31. The molecule has 92 valence electrons. The lowest BCUT2D eigenvalue weighted by Gasteiger charge is -2.32. The van der Waals surface area contributed by atoms with Crippen LogP contribution in [0.1, 0.15) is 25.7 Å². The lowest BCUT2D eigenvalue weighted by molar-refractivity contribution is -0.122. The summed E-state index contributed by atoms with van der Waals surface area (Å²) < 4.78 is 0. The van der Waals surface area contributed by atoms with Gasteiger partial charge in [0, 0.05) is 12.1 Å². The van der Waals surface area contributed by atoms with Crippen LogP contribution in [0.3, 0.4) is 0 Å². The number of hydrogen-bond acceptors (Lipinski definition) is 2. The molecule has 1 saturated carbocycles. The molecule has 4 nitrogen and oxygen atoms in total. The Bertz CT molecular complexity index is 235. The Morgan fingerprint density at radius 1 is 0.938 bits per heavy atom. The Balaban J connectivity index is 2.49. The van der Waals surface area contributed by atoms with Gasteiger partial charge in [0.15, 0.2) is 0 Å². The minimum atomic E-state index is -0.196. The summed E-state index contributed by atoms with van der Waals surface area (Å²) in [4.78, 5) is 22.4. The molecule has 1 aliphatic carbocycles. The smallest absolute Gasteiger partial charge is 0.235 e. The zero-order valence-electron chi connectivity index (χ0n) is 8.97. The van der Waals surface area contributed by atoms with Crippen LogP contribution in [0.15, 0.2) is 0 Å². The van der Waals surface area contributed by atoms with Crippen LogP contribution in [-0.2, 0) is 9.59 Å². The van der Waals surface area contributed by atoms with E-state index in [1.165, 1.54) is 0 Å². The van der Waals surface area contributed by atoms with Crippen LogP contribution in [-0.4, -0.2) is 35.7 Å². The number of carbonyl (C=O) groups excluding carboxylic acids is 2. The maximum Gasteiger partial charge on any atom is 0.235 e. The van der Waals surface area contributed by atoms with E-state index in [1.54, 1.807) is 0 Å². The highest BCUT2D eigenvalue weighted by Crippen LogP contribution is 2.18. The normalized spacial score (nSPS) is 24.9. The molecular formula is C10H16Cl2N2O2. The minimum absolute atomic E-state index is 0.0211. The standard InChI is InChI=1S/C10H16Cl2N2O2/c11-5-9(15)13-7-3-1-2-4-8(7)14-10(16)6-12/h7-8H,1-6H2,(H,13,15)(H,14,16)/t7-,8-/m0/s1. The molecule has 0 aliphatic heterocycles.